The van der Waals surface area contributed by atoms with Crippen LogP contribution >= 0.6 is 0 Å². The van der Waals surface area contributed by atoms with E-state index < -0.39 is 17.8 Å². The normalized spacial score (nSPS) is 15.5. The molecule has 1 aliphatic rings. The molecule has 0 bridgehead atoms. The Kier molecular flexibility index (Phi) is 5.99. The highest BCUT2D eigenvalue weighted by molar-refractivity contribution is 5.97. The molecule has 8 nitrogen and oxygen atoms in total. The molecule has 0 saturated carbocycles. The third-order valence-corrected chi connectivity index (χ3v) is 6.28. The molecule has 0 saturated heterocycles. The van der Waals surface area contributed by atoms with Crippen LogP contribution in [0.1, 0.15) is 57.5 Å². The number of nitrogen functional groups attached to an aromatic ring is 1. The summed E-state index contributed by atoms with van der Waals surface area (Å²) in [6.07, 6.45) is 3.08. The molecule has 1 aliphatic carbocycles. The third-order valence-electron chi connectivity index (χ3n) is 6.28. The second-order valence-corrected chi connectivity index (χ2v) is 8.72. The summed E-state index contributed by atoms with van der Waals surface area (Å²) in [5, 5.41) is 0. The number of nitrogens with two attached hydrogens (primary N) is 1. The topological polar surface area (TPSA) is 111 Å². The van der Waals surface area contributed by atoms with Gasteiger partial charge < -0.3 is 10.6 Å². The second kappa shape index (κ2) is 9.14. The molecule has 1 amide bonds. The van der Waals surface area contributed by atoms with Crippen LogP contribution in [0.3, 0.4) is 0 Å². The van der Waals surface area contributed by atoms with Gasteiger partial charge in [-0.2, -0.15) is 13.2 Å². The van der Waals surface area contributed by atoms with Gasteiger partial charge in [0.15, 0.2) is 0 Å². The lowest BCUT2D eigenvalue weighted by molar-refractivity contribution is -0.137. The Morgan fingerprint density at radius 1 is 1.08 bits per heavy atom. The van der Waals surface area contributed by atoms with Crippen molar-refractivity contribution in [2.45, 2.75) is 44.9 Å². The Bertz CT molecular complexity index is 1440. The molecule has 1 unspecified atom stereocenters. The molecule has 1 atom stereocenters. The minimum absolute atomic E-state index is 0.0147. The minimum Gasteiger partial charge on any atom is -0.383 e. The highest BCUT2D eigenvalue weighted by Gasteiger charge is 2.34. The fourth-order valence-electron chi connectivity index (χ4n) is 4.38. The Balaban J connectivity index is 1.54. The van der Waals surface area contributed by atoms with Crippen LogP contribution in [0.25, 0.3) is 11.0 Å². The molecular formula is C25H22F3N7O. The monoisotopic (exact) mass is 493 g/mol. The van der Waals surface area contributed by atoms with Crippen molar-refractivity contribution in [1.82, 2.24) is 29.8 Å². The van der Waals surface area contributed by atoms with Crippen LogP contribution in [0, 0.1) is 6.92 Å². The van der Waals surface area contributed by atoms with E-state index in [9.17, 15) is 18.0 Å². The molecule has 0 aromatic carbocycles. The maximum Gasteiger partial charge on any atom is 0.417 e. The van der Waals surface area contributed by atoms with Gasteiger partial charge in [0.1, 0.15) is 5.82 Å². The van der Waals surface area contributed by atoms with Gasteiger partial charge in [0.25, 0.3) is 5.91 Å². The van der Waals surface area contributed by atoms with Crippen LogP contribution in [-0.4, -0.2) is 35.7 Å². The van der Waals surface area contributed by atoms with Crippen LogP contribution in [0.15, 0.2) is 49.1 Å². The quantitative estimate of drug-likeness (QED) is 0.447. The lowest BCUT2D eigenvalue weighted by atomic mass is 9.93. The van der Waals surface area contributed by atoms with Crippen molar-refractivity contribution in [3.05, 3.63) is 82.8 Å². The first kappa shape index (κ1) is 23.6. The van der Waals surface area contributed by atoms with E-state index in [1.807, 2.05) is 6.92 Å². The molecule has 4 heterocycles. The standard InChI is InChI=1S/C25H22F3N7O/c1-14-9-19-20(34-23(14)29)10-15(11-33-19)24(36)35(13-17-6-5-16(12-32-17)25(26,27)28)21-4-2-3-18-22(21)31-8-7-30-18/h5-12,21H,2-4,13H2,1H3,(H2,29,34). The number of aromatic nitrogens is 5. The number of amides is 1. The molecule has 0 radical (unpaired) electrons. The lowest BCUT2D eigenvalue weighted by Gasteiger charge is -2.34. The molecule has 184 valence electrons. The highest BCUT2D eigenvalue weighted by Crippen LogP contribution is 2.34. The molecule has 5 rings (SSSR count). The maximum atomic E-state index is 13.9. The number of anilines is 1. The summed E-state index contributed by atoms with van der Waals surface area (Å²) in [4.78, 5) is 37.0. The number of carbonyl (C=O) groups excluding carboxylic acids is 1. The number of alkyl halides is 3. The Hall–Kier alpha value is -4.15. The predicted octanol–water partition coefficient (Wildman–Crippen LogP) is 4.44. The summed E-state index contributed by atoms with van der Waals surface area (Å²) in [6, 6.07) is 5.24. The number of aryl methyl sites for hydroxylation is 2. The largest absolute Gasteiger partial charge is 0.417 e. The minimum atomic E-state index is -4.50. The SMILES string of the molecule is Cc1cc2ncc(C(=O)N(Cc3ccc(C(F)(F)F)cn3)C3CCCc4nccnc43)cc2nc1N. The van der Waals surface area contributed by atoms with Gasteiger partial charge >= 0.3 is 6.18 Å². The number of nitrogens with zero attached hydrogens (tertiary/aromatic N) is 6. The van der Waals surface area contributed by atoms with Crippen LogP contribution in [0.2, 0.25) is 0 Å². The van der Waals surface area contributed by atoms with Gasteiger partial charge in [0, 0.05) is 24.8 Å². The van der Waals surface area contributed by atoms with Gasteiger partial charge in [-0.3, -0.25) is 24.7 Å². The summed E-state index contributed by atoms with van der Waals surface area (Å²) < 4.78 is 39.1. The first-order valence-electron chi connectivity index (χ1n) is 11.4. The van der Waals surface area contributed by atoms with E-state index in [-0.39, 0.29) is 18.0 Å². The summed E-state index contributed by atoms with van der Waals surface area (Å²) in [5.41, 5.74) is 9.02. The van der Waals surface area contributed by atoms with Crippen LogP contribution < -0.4 is 5.73 Å². The van der Waals surface area contributed by atoms with Crippen molar-refractivity contribution in [1.29, 1.82) is 0 Å². The van der Waals surface area contributed by atoms with Crippen molar-refractivity contribution >= 4 is 22.8 Å². The summed E-state index contributed by atoms with van der Waals surface area (Å²) in [5.74, 6) is -0.0215. The Morgan fingerprint density at radius 3 is 2.64 bits per heavy atom. The van der Waals surface area contributed by atoms with E-state index in [0.717, 1.165) is 36.4 Å². The second-order valence-electron chi connectivity index (χ2n) is 8.72. The molecule has 0 fully saturated rings. The number of fused-ring (bicyclic) bond motifs is 2. The molecule has 4 aromatic heterocycles. The number of carbonyl (C=O) groups is 1. The van der Waals surface area contributed by atoms with Crippen molar-refractivity contribution in [2.75, 3.05) is 5.73 Å². The third kappa shape index (κ3) is 4.56. The van der Waals surface area contributed by atoms with Gasteiger partial charge in [-0.05, 0) is 56.0 Å². The molecular weight excluding hydrogens is 471 g/mol. The molecule has 36 heavy (non-hydrogen) atoms. The van der Waals surface area contributed by atoms with Gasteiger partial charge in [-0.15, -0.1) is 0 Å². The van der Waals surface area contributed by atoms with E-state index in [1.54, 1.807) is 29.4 Å². The summed E-state index contributed by atoms with van der Waals surface area (Å²) >= 11 is 0. The summed E-state index contributed by atoms with van der Waals surface area (Å²) in [7, 11) is 0. The summed E-state index contributed by atoms with van der Waals surface area (Å²) in [6.45, 7) is 1.81. The van der Waals surface area contributed by atoms with E-state index in [1.165, 1.54) is 12.3 Å². The van der Waals surface area contributed by atoms with Gasteiger partial charge in [0.05, 0.1) is 51.8 Å². The number of hydrogen-bond donors (Lipinski definition) is 1. The van der Waals surface area contributed by atoms with E-state index in [0.29, 0.717) is 34.7 Å². The van der Waals surface area contributed by atoms with Crippen molar-refractivity contribution in [3.8, 4) is 0 Å². The predicted molar refractivity (Wildman–Crippen MR) is 126 cm³/mol. The zero-order chi connectivity index (χ0) is 25.4. The molecule has 0 spiro atoms. The zero-order valence-corrected chi connectivity index (χ0v) is 19.3. The van der Waals surface area contributed by atoms with Gasteiger partial charge in [-0.25, -0.2) is 4.98 Å². The van der Waals surface area contributed by atoms with Crippen molar-refractivity contribution < 1.29 is 18.0 Å². The van der Waals surface area contributed by atoms with Crippen molar-refractivity contribution in [3.63, 3.8) is 0 Å². The fraction of sp³-hybridized carbons (Fsp3) is 0.280. The molecule has 2 N–H and O–H groups in total. The number of pyridine rings is 3. The van der Waals surface area contributed by atoms with Gasteiger partial charge in [-0.1, -0.05) is 0 Å². The van der Waals surface area contributed by atoms with Crippen LogP contribution in [-0.2, 0) is 19.1 Å². The Labute approximate surface area is 204 Å². The van der Waals surface area contributed by atoms with Gasteiger partial charge in [0.2, 0.25) is 0 Å². The average molecular weight is 493 g/mol. The van der Waals surface area contributed by atoms with E-state index in [4.69, 9.17) is 5.73 Å². The smallest absolute Gasteiger partial charge is 0.383 e. The average Bonchev–Trinajstić information content (AvgIpc) is 2.87. The maximum absolute atomic E-state index is 13.9. The van der Waals surface area contributed by atoms with Crippen LogP contribution in [0.5, 0.6) is 0 Å². The zero-order valence-electron chi connectivity index (χ0n) is 19.3. The number of hydrogen-bond acceptors (Lipinski definition) is 7. The van der Waals surface area contributed by atoms with Crippen LogP contribution in [0.4, 0.5) is 19.0 Å². The van der Waals surface area contributed by atoms with Crippen molar-refractivity contribution in [2.24, 2.45) is 0 Å². The van der Waals surface area contributed by atoms with E-state index >= 15 is 0 Å². The molecule has 4 aromatic rings. The first-order chi connectivity index (χ1) is 17.2. The molecule has 0 aliphatic heterocycles. The first-order valence-corrected chi connectivity index (χ1v) is 11.4. The fourth-order valence-corrected chi connectivity index (χ4v) is 4.38. The highest BCUT2D eigenvalue weighted by atomic mass is 19.4. The number of rotatable bonds is 4. The Morgan fingerprint density at radius 2 is 1.89 bits per heavy atom. The van der Waals surface area contributed by atoms with E-state index in [2.05, 4.69) is 24.9 Å². The lowest BCUT2D eigenvalue weighted by Crippen LogP contribution is -2.37. The molecule has 11 heteroatoms. The number of halogens is 3.